The molecule has 1 aromatic carbocycles. The van der Waals surface area contributed by atoms with Crippen LogP contribution in [0.3, 0.4) is 0 Å². The number of amides is 1. The van der Waals surface area contributed by atoms with Gasteiger partial charge >= 0.3 is 12.3 Å². The van der Waals surface area contributed by atoms with E-state index in [1.54, 1.807) is 31.7 Å². The summed E-state index contributed by atoms with van der Waals surface area (Å²) in [4.78, 5) is 15.8. The number of nitriles is 1. The highest BCUT2D eigenvalue weighted by atomic mass is 19.4. The first-order chi connectivity index (χ1) is 12.3. The molecule has 1 aromatic rings. The lowest BCUT2D eigenvalue weighted by molar-refractivity contribution is -0.137. The molecule has 0 radical (unpaired) electrons. The van der Waals surface area contributed by atoms with Crippen molar-refractivity contribution >= 4 is 11.8 Å². The number of carbonyl (C=O) groups excluding carboxylic acids is 1. The van der Waals surface area contributed by atoms with Crippen molar-refractivity contribution < 1.29 is 22.7 Å². The van der Waals surface area contributed by atoms with Gasteiger partial charge in [0.1, 0.15) is 5.60 Å². The first-order valence-corrected chi connectivity index (χ1v) is 8.71. The molecular formula is C19H24F3N3O2. The topological polar surface area (TPSA) is 56.6 Å². The number of anilines is 1. The summed E-state index contributed by atoms with van der Waals surface area (Å²) < 4.78 is 45.1. The highest BCUT2D eigenvalue weighted by Gasteiger charge is 2.37. The Labute approximate surface area is 157 Å². The number of piperazine rings is 1. The zero-order valence-electron chi connectivity index (χ0n) is 16.1. The Morgan fingerprint density at radius 1 is 1.19 bits per heavy atom. The fourth-order valence-corrected chi connectivity index (χ4v) is 3.10. The third kappa shape index (κ3) is 4.85. The van der Waals surface area contributed by atoms with Crippen LogP contribution >= 0.6 is 0 Å². The molecule has 2 unspecified atom stereocenters. The fourth-order valence-electron chi connectivity index (χ4n) is 3.10. The van der Waals surface area contributed by atoms with E-state index in [1.807, 2.05) is 18.7 Å². The molecule has 1 fully saturated rings. The van der Waals surface area contributed by atoms with E-state index in [0.29, 0.717) is 18.8 Å². The van der Waals surface area contributed by atoms with Crippen LogP contribution in [0, 0.1) is 11.3 Å². The second-order valence-corrected chi connectivity index (χ2v) is 7.82. The minimum absolute atomic E-state index is 0.206. The van der Waals surface area contributed by atoms with E-state index in [-0.39, 0.29) is 12.1 Å². The highest BCUT2D eigenvalue weighted by Crippen LogP contribution is 2.35. The summed E-state index contributed by atoms with van der Waals surface area (Å²) in [6, 6.07) is 4.86. The SMILES string of the molecule is CC1CN(c2ccc(C#N)c(C(F)(F)F)c2)C(C)CN1C(=O)OC(C)(C)C. The number of ether oxygens (including phenoxy) is 1. The van der Waals surface area contributed by atoms with Crippen molar-refractivity contribution in [2.75, 3.05) is 18.0 Å². The van der Waals surface area contributed by atoms with Crippen LogP contribution < -0.4 is 4.90 Å². The van der Waals surface area contributed by atoms with E-state index in [9.17, 15) is 18.0 Å². The Morgan fingerprint density at radius 2 is 1.81 bits per heavy atom. The van der Waals surface area contributed by atoms with Crippen LogP contribution in [0.5, 0.6) is 0 Å². The first kappa shape index (κ1) is 20.9. The molecule has 1 aliphatic heterocycles. The van der Waals surface area contributed by atoms with Gasteiger partial charge in [0.25, 0.3) is 0 Å². The third-order valence-corrected chi connectivity index (χ3v) is 4.37. The van der Waals surface area contributed by atoms with E-state index in [1.165, 1.54) is 12.1 Å². The van der Waals surface area contributed by atoms with E-state index in [0.717, 1.165) is 6.07 Å². The minimum atomic E-state index is -4.60. The second kappa shape index (κ2) is 7.29. The molecule has 0 bridgehead atoms. The van der Waals surface area contributed by atoms with Crippen molar-refractivity contribution in [3.8, 4) is 6.07 Å². The fraction of sp³-hybridized carbons (Fsp3) is 0.579. The van der Waals surface area contributed by atoms with Gasteiger partial charge in [-0.1, -0.05) is 0 Å². The summed E-state index contributed by atoms with van der Waals surface area (Å²) in [5.41, 5.74) is -1.59. The molecule has 27 heavy (non-hydrogen) atoms. The molecule has 1 heterocycles. The summed E-state index contributed by atoms with van der Waals surface area (Å²) >= 11 is 0. The Bertz CT molecular complexity index is 750. The van der Waals surface area contributed by atoms with Crippen molar-refractivity contribution in [2.45, 2.75) is 58.5 Å². The molecule has 0 aromatic heterocycles. The number of halogens is 3. The smallest absolute Gasteiger partial charge is 0.417 e. The average molecular weight is 383 g/mol. The van der Waals surface area contributed by atoms with Crippen molar-refractivity contribution in [3.63, 3.8) is 0 Å². The lowest BCUT2D eigenvalue weighted by atomic mass is 10.0. The Morgan fingerprint density at radius 3 is 2.33 bits per heavy atom. The third-order valence-electron chi connectivity index (χ3n) is 4.37. The molecule has 0 N–H and O–H groups in total. The molecule has 0 spiro atoms. The molecule has 1 amide bonds. The summed E-state index contributed by atoms with van der Waals surface area (Å²) in [5, 5.41) is 8.94. The zero-order valence-corrected chi connectivity index (χ0v) is 16.1. The zero-order chi connectivity index (χ0) is 20.6. The molecular weight excluding hydrogens is 359 g/mol. The first-order valence-electron chi connectivity index (χ1n) is 8.71. The number of alkyl halides is 3. The maximum absolute atomic E-state index is 13.2. The van der Waals surface area contributed by atoms with Crippen LogP contribution in [0.1, 0.15) is 45.7 Å². The van der Waals surface area contributed by atoms with E-state index in [4.69, 9.17) is 10.00 Å². The van der Waals surface area contributed by atoms with Crippen LogP contribution in [0.15, 0.2) is 18.2 Å². The van der Waals surface area contributed by atoms with Crippen molar-refractivity contribution in [1.82, 2.24) is 4.90 Å². The Hall–Kier alpha value is -2.43. The van der Waals surface area contributed by atoms with Gasteiger partial charge in [0.15, 0.2) is 0 Å². The van der Waals surface area contributed by atoms with Gasteiger partial charge in [-0.2, -0.15) is 18.4 Å². The summed E-state index contributed by atoms with van der Waals surface area (Å²) in [7, 11) is 0. The largest absolute Gasteiger partial charge is 0.444 e. The van der Waals surface area contributed by atoms with Crippen molar-refractivity contribution in [2.24, 2.45) is 0 Å². The summed E-state index contributed by atoms with van der Waals surface area (Å²) in [6.07, 6.45) is -5.04. The molecule has 148 valence electrons. The van der Waals surface area contributed by atoms with Gasteiger partial charge in [-0.15, -0.1) is 0 Å². The molecule has 1 saturated heterocycles. The summed E-state index contributed by atoms with van der Waals surface area (Å²) in [6.45, 7) is 9.72. The predicted octanol–water partition coefficient (Wildman–Crippen LogP) is 4.41. The molecule has 0 saturated carbocycles. The highest BCUT2D eigenvalue weighted by molar-refractivity contribution is 5.69. The van der Waals surface area contributed by atoms with Crippen LogP contribution in [-0.2, 0) is 10.9 Å². The van der Waals surface area contributed by atoms with Crippen LogP contribution in [-0.4, -0.2) is 41.8 Å². The number of hydrogen-bond acceptors (Lipinski definition) is 4. The molecule has 8 heteroatoms. The minimum Gasteiger partial charge on any atom is -0.444 e. The maximum Gasteiger partial charge on any atom is 0.417 e. The molecule has 1 aliphatic rings. The van der Waals surface area contributed by atoms with Crippen LogP contribution in [0.4, 0.5) is 23.7 Å². The van der Waals surface area contributed by atoms with Gasteiger partial charge in [0, 0.05) is 30.9 Å². The molecule has 5 nitrogen and oxygen atoms in total. The number of carbonyl (C=O) groups is 1. The van der Waals surface area contributed by atoms with E-state index < -0.39 is 29.0 Å². The van der Waals surface area contributed by atoms with Gasteiger partial charge in [-0.05, 0) is 52.8 Å². The number of nitrogens with zero attached hydrogens (tertiary/aromatic N) is 3. The monoisotopic (exact) mass is 383 g/mol. The Balaban J connectivity index is 2.25. The van der Waals surface area contributed by atoms with E-state index >= 15 is 0 Å². The predicted molar refractivity (Wildman–Crippen MR) is 95.4 cm³/mol. The average Bonchev–Trinajstić information content (AvgIpc) is 2.53. The van der Waals surface area contributed by atoms with Gasteiger partial charge < -0.3 is 14.5 Å². The summed E-state index contributed by atoms with van der Waals surface area (Å²) in [5.74, 6) is 0. The lowest BCUT2D eigenvalue weighted by Crippen LogP contribution is -2.59. The number of hydrogen-bond donors (Lipinski definition) is 0. The van der Waals surface area contributed by atoms with Gasteiger partial charge in [-0.3, -0.25) is 0 Å². The van der Waals surface area contributed by atoms with E-state index in [2.05, 4.69) is 0 Å². The standard InChI is InChI=1S/C19H24F3N3O2/c1-12-11-25(17(26)27-18(3,4)5)13(2)10-24(12)15-7-6-14(9-23)16(8-15)19(20,21)22/h6-8,12-13H,10-11H2,1-5H3. The van der Waals surface area contributed by atoms with Crippen molar-refractivity contribution in [3.05, 3.63) is 29.3 Å². The molecule has 2 rings (SSSR count). The number of rotatable bonds is 1. The maximum atomic E-state index is 13.2. The van der Waals surface area contributed by atoms with Gasteiger partial charge in [0.05, 0.1) is 17.2 Å². The molecule has 0 aliphatic carbocycles. The lowest BCUT2D eigenvalue weighted by Gasteiger charge is -2.45. The second-order valence-electron chi connectivity index (χ2n) is 7.82. The normalized spacial score (nSPS) is 21.0. The van der Waals surface area contributed by atoms with Crippen molar-refractivity contribution in [1.29, 1.82) is 5.26 Å². The van der Waals surface area contributed by atoms with Crippen LogP contribution in [0.2, 0.25) is 0 Å². The quantitative estimate of drug-likeness (QED) is 0.721. The number of benzene rings is 1. The van der Waals surface area contributed by atoms with Gasteiger partial charge in [0.2, 0.25) is 0 Å². The molecule has 2 atom stereocenters. The van der Waals surface area contributed by atoms with Crippen LogP contribution in [0.25, 0.3) is 0 Å². The van der Waals surface area contributed by atoms with Gasteiger partial charge in [-0.25, -0.2) is 4.79 Å². The Kier molecular flexibility index (Phi) is 5.64.